The summed E-state index contributed by atoms with van der Waals surface area (Å²) in [5.41, 5.74) is -0.110. The Bertz CT molecular complexity index is 609. The van der Waals surface area contributed by atoms with E-state index in [-0.39, 0.29) is 12.0 Å². The Morgan fingerprint density at radius 1 is 1.38 bits per heavy atom. The van der Waals surface area contributed by atoms with Gasteiger partial charge in [-0.3, -0.25) is 4.98 Å². The van der Waals surface area contributed by atoms with Crippen LogP contribution in [-0.4, -0.2) is 34.7 Å². The van der Waals surface area contributed by atoms with Crippen LogP contribution in [0.2, 0.25) is 0 Å². The van der Waals surface area contributed by atoms with Crippen molar-refractivity contribution < 1.29 is 22.7 Å². The van der Waals surface area contributed by atoms with E-state index >= 15 is 0 Å². The van der Waals surface area contributed by atoms with Gasteiger partial charge in [0.05, 0.1) is 5.56 Å². The molecule has 1 amide bonds. The second kappa shape index (κ2) is 6.61. The van der Waals surface area contributed by atoms with Gasteiger partial charge < -0.3 is 9.64 Å². The molecular formula is C17H23F3N2O2. The number of hydrogen-bond donors (Lipinski definition) is 0. The van der Waals surface area contributed by atoms with Crippen LogP contribution in [0.1, 0.15) is 44.0 Å². The Morgan fingerprint density at radius 2 is 2.04 bits per heavy atom. The van der Waals surface area contributed by atoms with E-state index in [0.29, 0.717) is 30.8 Å². The Kier molecular flexibility index (Phi) is 5.11. The van der Waals surface area contributed by atoms with Crippen molar-refractivity contribution in [2.45, 2.75) is 52.3 Å². The number of nitrogens with zero attached hydrogens (tertiary/aromatic N) is 2. The first kappa shape index (κ1) is 18.5. The summed E-state index contributed by atoms with van der Waals surface area (Å²) in [7, 11) is 0. The molecule has 2 rings (SSSR count). The number of rotatable bonds is 2. The minimum atomic E-state index is -4.40. The number of amides is 1. The van der Waals surface area contributed by atoms with Gasteiger partial charge in [-0.25, -0.2) is 4.79 Å². The van der Waals surface area contributed by atoms with Gasteiger partial charge in [0.25, 0.3) is 0 Å². The largest absolute Gasteiger partial charge is 0.444 e. The average molecular weight is 344 g/mol. The van der Waals surface area contributed by atoms with Crippen LogP contribution >= 0.6 is 0 Å². The summed E-state index contributed by atoms with van der Waals surface area (Å²) in [5.74, 6) is 0.113. The summed E-state index contributed by atoms with van der Waals surface area (Å²) < 4.78 is 43.8. The number of hydrogen-bond acceptors (Lipinski definition) is 3. The number of pyridine rings is 1. The number of likely N-dealkylation sites (tertiary alicyclic amines) is 1. The van der Waals surface area contributed by atoms with Crippen LogP contribution in [0.5, 0.6) is 0 Å². The summed E-state index contributed by atoms with van der Waals surface area (Å²) in [6.07, 6.45) is -2.69. The molecule has 1 aliphatic heterocycles. The summed E-state index contributed by atoms with van der Waals surface area (Å²) in [6, 6.07) is 1.17. The first-order valence-electron chi connectivity index (χ1n) is 7.96. The summed E-state index contributed by atoms with van der Waals surface area (Å²) >= 11 is 0. The molecule has 0 aromatic carbocycles. The fourth-order valence-corrected chi connectivity index (χ4v) is 2.74. The smallest absolute Gasteiger partial charge is 0.417 e. The van der Waals surface area contributed by atoms with Crippen LogP contribution in [0.4, 0.5) is 18.0 Å². The van der Waals surface area contributed by atoms with E-state index in [0.717, 1.165) is 12.6 Å². The Labute approximate surface area is 140 Å². The molecule has 0 saturated carbocycles. The number of halogens is 3. The molecule has 2 heterocycles. The zero-order valence-electron chi connectivity index (χ0n) is 14.4. The van der Waals surface area contributed by atoms with Gasteiger partial charge in [-0.1, -0.05) is 0 Å². The molecule has 1 aliphatic rings. The minimum absolute atomic E-state index is 0.113. The maximum Gasteiger partial charge on any atom is 0.417 e. The molecule has 134 valence electrons. The molecule has 1 fully saturated rings. The fraction of sp³-hybridized carbons (Fsp3) is 0.647. The highest BCUT2D eigenvalue weighted by atomic mass is 19.4. The van der Waals surface area contributed by atoms with Crippen LogP contribution in [-0.2, 0) is 17.3 Å². The second-order valence-corrected chi connectivity index (χ2v) is 7.25. The van der Waals surface area contributed by atoms with Crippen LogP contribution in [0.25, 0.3) is 0 Å². The Balaban J connectivity index is 2.02. The van der Waals surface area contributed by atoms with Crippen molar-refractivity contribution in [3.8, 4) is 0 Å². The molecule has 1 unspecified atom stereocenters. The van der Waals surface area contributed by atoms with Crippen molar-refractivity contribution in [3.63, 3.8) is 0 Å². The van der Waals surface area contributed by atoms with Crippen molar-refractivity contribution in [1.29, 1.82) is 0 Å². The van der Waals surface area contributed by atoms with Gasteiger partial charge in [-0.2, -0.15) is 13.2 Å². The van der Waals surface area contributed by atoms with Gasteiger partial charge >= 0.3 is 12.3 Å². The van der Waals surface area contributed by atoms with Gasteiger partial charge in [-0.15, -0.1) is 0 Å². The van der Waals surface area contributed by atoms with E-state index in [1.165, 1.54) is 6.07 Å². The van der Waals surface area contributed by atoms with E-state index in [1.54, 1.807) is 32.6 Å². The highest BCUT2D eigenvalue weighted by molar-refractivity contribution is 5.68. The molecule has 0 aliphatic carbocycles. The molecule has 1 aromatic rings. The molecule has 0 radical (unpaired) electrons. The van der Waals surface area contributed by atoms with E-state index in [2.05, 4.69) is 4.98 Å². The zero-order chi connectivity index (χ0) is 18.1. The lowest BCUT2D eigenvalue weighted by Gasteiger charge is -2.24. The quantitative estimate of drug-likeness (QED) is 0.807. The lowest BCUT2D eigenvalue weighted by Crippen LogP contribution is -2.35. The molecule has 1 saturated heterocycles. The lowest BCUT2D eigenvalue weighted by atomic mass is 9.97. The third-order valence-corrected chi connectivity index (χ3v) is 3.97. The molecule has 1 aromatic heterocycles. The van der Waals surface area contributed by atoms with E-state index in [4.69, 9.17) is 4.74 Å². The Hall–Kier alpha value is -1.79. The van der Waals surface area contributed by atoms with Crippen molar-refractivity contribution in [2.24, 2.45) is 5.92 Å². The molecular weight excluding hydrogens is 321 g/mol. The van der Waals surface area contributed by atoms with Crippen molar-refractivity contribution >= 4 is 6.09 Å². The van der Waals surface area contributed by atoms with E-state index < -0.39 is 17.3 Å². The first-order valence-corrected chi connectivity index (χ1v) is 7.96. The standard InChI is InChI=1S/C17H23F3N2O2/c1-11-13(8-14(9-21-11)17(18,19)20)7-12-5-6-22(10-12)15(23)24-16(2,3)4/h8-9,12H,5-7,10H2,1-4H3. The normalized spacial score (nSPS) is 18.8. The maximum absolute atomic E-state index is 12.8. The number of alkyl halides is 3. The van der Waals surface area contributed by atoms with Crippen LogP contribution in [0, 0.1) is 12.8 Å². The van der Waals surface area contributed by atoms with Gasteiger partial charge in [-0.05, 0) is 58.1 Å². The van der Waals surface area contributed by atoms with Crippen molar-refractivity contribution in [3.05, 3.63) is 29.1 Å². The molecule has 0 bridgehead atoms. The van der Waals surface area contributed by atoms with Crippen molar-refractivity contribution in [1.82, 2.24) is 9.88 Å². The number of aromatic nitrogens is 1. The SMILES string of the molecule is Cc1ncc(C(F)(F)F)cc1CC1CCN(C(=O)OC(C)(C)C)C1. The Morgan fingerprint density at radius 3 is 2.62 bits per heavy atom. The second-order valence-electron chi connectivity index (χ2n) is 7.25. The molecule has 0 spiro atoms. The zero-order valence-corrected chi connectivity index (χ0v) is 14.4. The summed E-state index contributed by atoms with van der Waals surface area (Å²) in [6.45, 7) is 8.16. The third-order valence-electron chi connectivity index (χ3n) is 3.97. The van der Waals surface area contributed by atoms with E-state index in [1.807, 2.05) is 0 Å². The average Bonchev–Trinajstić information content (AvgIpc) is 2.87. The predicted molar refractivity (Wildman–Crippen MR) is 83.6 cm³/mol. The number of aryl methyl sites for hydroxylation is 1. The molecule has 0 N–H and O–H groups in total. The molecule has 24 heavy (non-hydrogen) atoms. The van der Waals surface area contributed by atoms with E-state index in [9.17, 15) is 18.0 Å². The molecule has 4 nitrogen and oxygen atoms in total. The summed E-state index contributed by atoms with van der Waals surface area (Å²) in [4.78, 5) is 17.5. The lowest BCUT2D eigenvalue weighted by molar-refractivity contribution is -0.137. The minimum Gasteiger partial charge on any atom is -0.444 e. The van der Waals surface area contributed by atoms with Crippen molar-refractivity contribution in [2.75, 3.05) is 13.1 Å². The predicted octanol–water partition coefficient (Wildman–Crippen LogP) is 4.21. The molecule has 7 heteroatoms. The van der Waals surface area contributed by atoms with Crippen LogP contribution in [0.3, 0.4) is 0 Å². The van der Waals surface area contributed by atoms with Gasteiger partial charge in [0.1, 0.15) is 5.60 Å². The monoisotopic (exact) mass is 344 g/mol. The maximum atomic E-state index is 12.8. The van der Waals surface area contributed by atoms with Gasteiger partial charge in [0.15, 0.2) is 0 Å². The fourth-order valence-electron chi connectivity index (χ4n) is 2.74. The van der Waals surface area contributed by atoms with Gasteiger partial charge in [0.2, 0.25) is 0 Å². The van der Waals surface area contributed by atoms with Crippen LogP contribution < -0.4 is 0 Å². The van der Waals surface area contributed by atoms with Gasteiger partial charge in [0, 0.05) is 25.0 Å². The number of ether oxygens (including phenoxy) is 1. The molecule has 1 atom stereocenters. The highest BCUT2D eigenvalue weighted by Crippen LogP contribution is 2.31. The third kappa shape index (κ3) is 4.85. The first-order chi connectivity index (χ1) is 11.0. The highest BCUT2D eigenvalue weighted by Gasteiger charge is 2.33. The number of carbonyl (C=O) groups excluding carboxylic acids is 1. The summed E-state index contributed by atoms with van der Waals surface area (Å²) in [5, 5.41) is 0. The topological polar surface area (TPSA) is 42.4 Å². The van der Waals surface area contributed by atoms with Crippen LogP contribution in [0.15, 0.2) is 12.3 Å². The number of carbonyl (C=O) groups is 1.